The van der Waals surface area contributed by atoms with E-state index in [0.29, 0.717) is 5.39 Å². The molecule has 0 fully saturated rings. The van der Waals surface area contributed by atoms with Gasteiger partial charge in [0.05, 0.1) is 12.6 Å². The molecule has 0 aliphatic carbocycles. The Hall–Kier alpha value is -1.80. The van der Waals surface area contributed by atoms with Gasteiger partial charge in [0.25, 0.3) is 5.56 Å². The van der Waals surface area contributed by atoms with Crippen LogP contribution in [0.15, 0.2) is 28.3 Å². The van der Waals surface area contributed by atoms with E-state index in [-0.39, 0.29) is 23.0 Å². The quantitative estimate of drug-likeness (QED) is 0.779. The molecule has 7 nitrogen and oxygen atoms in total. The Morgan fingerprint density at radius 2 is 2.11 bits per heavy atom. The van der Waals surface area contributed by atoms with E-state index in [4.69, 9.17) is 0 Å². The highest BCUT2D eigenvalue weighted by Crippen LogP contribution is 2.14. The summed E-state index contributed by atoms with van der Waals surface area (Å²) in [6, 6.07) is 2.35. The number of aliphatic hydroxyl groups is 1. The number of rotatable bonds is 3. The van der Waals surface area contributed by atoms with Crippen molar-refractivity contribution in [3.8, 4) is 0 Å². The van der Waals surface area contributed by atoms with E-state index in [2.05, 4.69) is 9.97 Å². The molecule has 0 spiro atoms. The topological polar surface area (TPSA) is 102 Å². The zero-order valence-corrected chi connectivity index (χ0v) is 11.3. The van der Waals surface area contributed by atoms with Crippen molar-refractivity contribution in [1.82, 2.24) is 14.5 Å². The summed E-state index contributed by atoms with van der Waals surface area (Å²) in [4.78, 5) is 19.5. The fourth-order valence-corrected chi connectivity index (χ4v) is 2.21. The van der Waals surface area contributed by atoms with Crippen LogP contribution in [-0.4, -0.2) is 40.9 Å². The van der Waals surface area contributed by atoms with E-state index in [1.54, 1.807) is 6.92 Å². The standard InChI is InChI=1S/C11H13N3O4S/c1-7(6-15)14-9(16)4-3-8-5-12-11(13-10(8)14)19(2,17)18/h3-5,7,15H,6H2,1-2H3/t7-/m0/s1. The molecule has 1 N–H and O–H groups in total. The van der Waals surface area contributed by atoms with E-state index >= 15 is 0 Å². The van der Waals surface area contributed by atoms with Crippen LogP contribution < -0.4 is 5.56 Å². The monoisotopic (exact) mass is 283 g/mol. The molecule has 0 saturated carbocycles. The summed E-state index contributed by atoms with van der Waals surface area (Å²) in [5, 5.41) is 9.37. The predicted octanol–water partition coefficient (Wildman–Crippen LogP) is -0.252. The van der Waals surface area contributed by atoms with Crippen molar-refractivity contribution in [2.24, 2.45) is 0 Å². The van der Waals surface area contributed by atoms with Crippen molar-refractivity contribution < 1.29 is 13.5 Å². The second-order valence-electron chi connectivity index (χ2n) is 4.28. The average Bonchev–Trinajstić information content (AvgIpc) is 2.36. The minimum atomic E-state index is -3.56. The summed E-state index contributed by atoms with van der Waals surface area (Å²) in [6.07, 6.45) is 2.34. The molecule has 0 aromatic carbocycles. The zero-order chi connectivity index (χ0) is 14.2. The molecule has 0 aliphatic rings. The molecule has 2 heterocycles. The maximum atomic E-state index is 11.8. The Morgan fingerprint density at radius 3 is 2.68 bits per heavy atom. The summed E-state index contributed by atoms with van der Waals surface area (Å²) in [6.45, 7) is 1.39. The van der Waals surface area contributed by atoms with E-state index in [9.17, 15) is 18.3 Å². The van der Waals surface area contributed by atoms with Gasteiger partial charge in [-0.15, -0.1) is 0 Å². The molecular weight excluding hydrogens is 270 g/mol. The van der Waals surface area contributed by atoms with Gasteiger partial charge in [-0.05, 0) is 13.0 Å². The lowest BCUT2D eigenvalue weighted by atomic mass is 10.3. The normalized spacial score (nSPS) is 13.6. The molecule has 1 atom stereocenters. The van der Waals surface area contributed by atoms with Crippen LogP contribution in [-0.2, 0) is 9.84 Å². The van der Waals surface area contributed by atoms with Crippen molar-refractivity contribution in [2.45, 2.75) is 18.1 Å². The van der Waals surface area contributed by atoms with Crippen molar-refractivity contribution >= 4 is 20.9 Å². The second kappa shape index (κ2) is 4.71. The molecule has 19 heavy (non-hydrogen) atoms. The number of hydrogen-bond acceptors (Lipinski definition) is 6. The van der Waals surface area contributed by atoms with Crippen LogP contribution >= 0.6 is 0 Å². The summed E-state index contributed by atoms with van der Waals surface area (Å²) in [5.41, 5.74) is -0.156. The van der Waals surface area contributed by atoms with Crippen LogP contribution in [0.2, 0.25) is 0 Å². The smallest absolute Gasteiger partial charge is 0.252 e. The molecule has 0 unspecified atom stereocenters. The minimum Gasteiger partial charge on any atom is -0.394 e. The highest BCUT2D eigenvalue weighted by atomic mass is 32.2. The predicted molar refractivity (Wildman–Crippen MR) is 68.7 cm³/mol. The fourth-order valence-electron chi connectivity index (χ4n) is 1.71. The molecule has 2 aromatic heterocycles. The lowest BCUT2D eigenvalue weighted by molar-refractivity contribution is 0.238. The second-order valence-corrected chi connectivity index (χ2v) is 6.19. The zero-order valence-electron chi connectivity index (χ0n) is 10.4. The molecule has 8 heteroatoms. The first kappa shape index (κ1) is 13.6. The third kappa shape index (κ3) is 2.49. The van der Waals surface area contributed by atoms with Crippen molar-refractivity contribution in [3.05, 3.63) is 28.7 Å². The highest BCUT2D eigenvalue weighted by molar-refractivity contribution is 7.90. The van der Waals surface area contributed by atoms with Crippen LogP contribution in [0.5, 0.6) is 0 Å². The summed E-state index contributed by atoms with van der Waals surface area (Å²) in [7, 11) is -3.56. The number of hydrogen-bond donors (Lipinski definition) is 1. The number of pyridine rings is 1. The van der Waals surface area contributed by atoms with Gasteiger partial charge in [0.15, 0.2) is 0 Å². The lowest BCUT2D eigenvalue weighted by Crippen LogP contribution is -2.26. The molecule has 0 radical (unpaired) electrons. The van der Waals surface area contributed by atoms with Crippen molar-refractivity contribution in [1.29, 1.82) is 0 Å². The largest absolute Gasteiger partial charge is 0.394 e. The molecule has 0 bridgehead atoms. The first-order chi connectivity index (χ1) is 8.84. The maximum Gasteiger partial charge on any atom is 0.252 e. The number of aromatic nitrogens is 3. The SMILES string of the molecule is C[C@@H](CO)n1c(=O)ccc2cnc(S(C)(=O)=O)nc21. The average molecular weight is 283 g/mol. The Kier molecular flexibility index (Phi) is 3.38. The van der Waals surface area contributed by atoms with Crippen LogP contribution in [0.3, 0.4) is 0 Å². The van der Waals surface area contributed by atoms with Crippen molar-refractivity contribution in [2.75, 3.05) is 12.9 Å². The third-order valence-corrected chi connectivity index (χ3v) is 3.54. The molecule has 0 aliphatic heterocycles. The summed E-state index contributed by atoms with van der Waals surface area (Å²) < 4.78 is 24.2. The van der Waals surface area contributed by atoms with Crippen molar-refractivity contribution in [3.63, 3.8) is 0 Å². The first-order valence-electron chi connectivity index (χ1n) is 5.54. The van der Waals surface area contributed by atoms with Gasteiger partial charge in [0.2, 0.25) is 15.0 Å². The van der Waals surface area contributed by atoms with Gasteiger partial charge in [-0.1, -0.05) is 0 Å². The van der Waals surface area contributed by atoms with Gasteiger partial charge in [0.1, 0.15) is 5.65 Å². The maximum absolute atomic E-state index is 11.8. The number of sulfone groups is 1. The molecular formula is C11H13N3O4S. The van der Waals surface area contributed by atoms with E-state index in [1.165, 1.54) is 22.9 Å². The molecule has 0 saturated heterocycles. The van der Waals surface area contributed by atoms with Crippen LogP contribution in [0.1, 0.15) is 13.0 Å². The van der Waals surface area contributed by atoms with Crippen LogP contribution in [0.4, 0.5) is 0 Å². The Bertz CT molecular complexity index is 782. The molecule has 2 aromatic rings. The van der Waals surface area contributed by atoms with Gasteiger partial charge in [0, 0.05) is 23.9 Å². The number of nitrogens with zero attached hydrogens (tertiary/aromatic N) is 3. The van der Waals surface area contributed by atoms with Gasteiger partial charge in [-0.3, -0.25) is 9.36 Å². The highest BCUT2D eigenvalue weighted by Gasteiger charge is 2.16. The van der Waals surface area contributed by atoms with E-state index < -0.39 is 15.9 Å². The van der Waals surface area contributed by atoms with Crippen LogP contribution in [0.25, 0.3) is 11.0 Å². The Labute approximate surface area is 109 Å². The van der Waals surface area contributed by atoms with E-state index in [1.807, 2.05) is 0 Å². The molecule has 102 valence electrons. The van der Waals surface area contributed by atoms with Gasteiger partial charge in [-0.2, -0.15) is 4.98 Å². The van der Waals surface area contributed by atoms with E-state index in [0.717, 1.165) is 6.26 Å². The summed E-state index contributed by atoms with van der Waals surface area (Å²) >= 11 is 0. The number of aliphatic hydroxyl groups excluding tert-OH is 1. The van der Waals surface area contributed by atoms with Gasteiger partial charge < -0.3 is 5.11 Å². The molecule has 2 rings (SSSR count). The Balaban J connectivity index is 2.86. The van der Waals surface area contributed by atoms with Gasteiger partial charge in [-0.25, -0.2) is 13.4 Å². The first-order valence-corrected chi connectivity index (χ1v) is 7.43. The Morgan fingerprint density at radius 1 is 1.42 bits per heavy atom. The van der Waals surface area contributed by atoms with Crippen LogP contribution in [0, 0.1) is 0 Å². The third-order valence-electron chi connectivity index (χ3n) is 2.68. The minimum absolute atomic E-state index is 0.199. The van der Waals surface area contributed by atoms with Gasteiger partial charge >= 0.3 is 0 Å². The molecule has 0 amide bonds. The summed E-state index contributed by atoms with van der Waals surface area (Å²) in [5.74, 6) is 0. The fraction of sp³-hybridized carbons (Fsp3) is 0.364. The lowest BCUT2D eigenvalue weighted by Gasteiger charge is -2.14. The number of fused-ring (bicyclic) bond motifs is 1.